The Kier molecular flexibility index (Phi) is 3.93. The van der Waals surface area contributed by atoms with Gasteiger partial charge >= 0.3 is 0 Å². The van der Waals surface area contributed by atoms with E-state index in [4.69, 9.17) is 4.98 Å². The van der Waals surface area contributed by atoms with Gasteiger partial charge in [-0.25, -0.2) is 4.98 Å². The van der Waals surface area contributed by atoms with E-state index < -0.39 is 0 Å². The van der Waals surface area contributed by atoms with Crippen LogP contribution >= 0.6 is 11.3 Å². The molecule has 21 heavy (non-hydrogen) atoms. The molecule has 1 aliphatic carbocycles. The lowest BCUT2D eigenvalue weighted by molar-refractivity contribution is 0.528. The zero-order valence-corrected chi connectivity index (χ0v) is 14.2. The summed E-state index contributed by atoms with van der Waals surface area (Å²) in [5, 5.41) is 6.84. The highest BCUT2D eigenvalue weighted by atomic mass is 32.1. The molecule has 1 aliphatic rings. The minimum atomic E-state index is 0.139. The normalized spacial score (nSPS) is 17.1. The third-order valence-corrected chi connectivity index (χ3v) is 5.01. The van der Waals surface area contributed by atoms with Gasteiger partial charge in [-0.05, 0) is 37.4 Å². The van der Waals surface area contributed by atoms with Gasteiger partial charge in [0.25, 0.3) is 0 Å². The Bertz CT molecular complexity index is 602. The molecule has 3 rings (SSSR count). The molecule has 1 unspecified atom stereocenters. The number of rotatable bonds is 5. The van der Waals surface area contributed by atoms with Crippen LogP contribution in [0.3, 0.4) is 0 Å². The predicted octanol–water partition coefficient (Wildman–Crippen LogP) is 3.96. The Hall–Kier alpha value is -1.13. The fourth-order valence-electron chi connectivity index (χ4n) is 2.73. The molecule has 4 heteroatoms. The Morgan fingerprint density at radius 1 is 1.43 bits per heavy atom. The molecule has 2 aromatic heterocycles. The summed E-state index contributed by atoms with van der Waals surface area (Å²) in [7, 11) is 2.07. The van der Waals surface area contributed by atoms with E-state index in [1.165, 1.54) is 29.1 Å². The second kappa shape index (κ2) is 5.58. The van der Waals surface area contributed by atoms with Gasteiger partial charge in [0, 0.05) is 29.2 Å². The Morgan fingerprint density at radius 2 is 2.19 bits per heavy atom. The van der Waals surface area contributed by atoms with Gasteiger partial charge in [0.15, 0.2) is 0 Å². The fraction of sp³-hybridized carbons (Fsp3) is 0.588. The van der Waals surface area contributed by atoms with Crippen LogP contribution in [0.15, 0.2) is 23.8 Å². The molecule has 114 valence electrons. The summed E-state index contributed by atoms with van der Waals surface area (Å²) in [6.07, 6.45) is 7.17. The number of hydrogen-bond acceptors (Lipinski definition) is 3. The summed E-state index contributed by atoms with van der Waals surface area (Å²) in [5.41, 5.74) is 2.74. The monoisotopic (exact) mass is 303 g/mol. The van der Waals surface area contributed by atoms with Crippen LogP contribution in [-0.2, 0) is 12.0 Å². The molecular formula is C17H25N3S. The summed E-state index contributed by atoms with van der Waals surface area (Å²) in [6, 6.07) is 2.77. The molecule has 1 atom stereocenters. The molecular weight excluding hydrogens is 278 g/mol. The maximum Gasteiger partial charge on any atom is 0.113 e. The summed E-state index contributed by atoms with van der Waals surface area (Å²) < 4.78 is 2.26. The third kappa shape index (κ3) is 3.38. The van der Waals surface area contributed by atoms with Crippen LogP contribution in [0.25, 0.3) is 0 Å². The predicted molar refractivity (Wildman–Crippen MR) is 88.9 cm³/mol. The zero-order chi connectivity index (χ0) is 15.0. The van der Waals surface area contributed by atoms with E-state index in [9.17, 15) is 0 Å². The first kappa shape index (κ1) is 14.8. The number of nitrogens with zero attached hydrogens (tertiary/aromatic N) is 2. The van der Waals surface area contributed by atoms with Crippen molar-refractivity contribution in [2.45, 2.75) is 51.6 Å². The van der Waals surface area contributed by atoms with Crippen molar-refractivity contribution >= 4 is 11.3 Å². The van der Waals surface area contributed by atoms with Gasteiger partial charge in [0.05, 0.1) is 12.2 Å². The maximum atomic E-state index is 4.78. The zero-order valence-electron chi connectivity index (χ0n) is 13.4. The first-order valence-corrected chi connectivity index (χ1v) is 8.63. The smallest absolute Gasteiger partial charge is 0.113 e. The quantitative estimate of drug-likeness (QED) is 0.906. The maximum absolute atomic E-state index is 4.78. The number of nitrogens with one attached hydrogen (secondary N) is 1. The number of thiazole rings is 1. The van der Waals surface area contributed by atoms with Gasteiger partial charge in [-0.1, -0.05) is 20.8 Å². The van der Waals surface area contributed by atoms with Crippen LogP contribution in [-0.4, -0.2) is 16.6 Å². The summed E-state index contributed by atoms with van der Waals surface area (Å²) >= 11 is 1.77. The van der Waals surface area contributed by atoms with Gasteiger partial charge in [0.1, 0.15) is 5.01 Å². The van der Waals surface area contributed by atoms with E-state index >= 15 is 0 Å². The van der Waals surface area contributed by atoms with Gasteiger partial charge in [-0.2, -0.15) is 0 Å². The third-order valence-electron chi connectivity index (χ3n) is 4.17. The second-order valence-electron chi connectivity index (χ2n) is 7.10. The van der Waals surface area contributed by atoms with Gasteiger partial charge in [-0.15, -0.1) is 11.3 Å². The van der Waals surface area contributed by atoms with Crippen LogP contribution < -0.4 is 5.32 Å². The summed E-state index contributed by atoms with van der Waals surface area (Å²) in [6.45, 7) is 7.52. The molecule has 2 heterocycles. The number of aromatic nitrogens is 2. The molecule has 2 aromatic rings. The van der Waals surface area contributed by atoms with Crippen LogP contribution in [0.4, 0.5) is 0 Å². The Morgan fingerprint density at radius 3 is 2.76 bits per heavy atom. The molecule has 1 saturated carbocycles. The lowest BCUT2D eigenvalue weighted by Gasteiger charge is -2.14. The summed E-state index contributed by atoms with van der Waals surface area (Å²) in [4.78, 5) is 4.78. The van der Waals surface area contributed by atoms with E-state index in [1.54, 1.807) is 11.3 Å². The van der Waals surface area contributed by atoms with Crippen LogP contribution in [0, 0.1) is 5.92 Å². The fourth-order valence-corrected chi connectivity index (χ4v) is 3.76. The molecule has 1 N–H and O–H groups in total. The first-order valence-electron chi connectivity index (χ1n) is 7.75. The molecule has 1 fully saturated rings. The van der Waals surface area contributed by atoms with Crippen molar-refractivity contribution in [2.75, 3.05) is 7.05 Å². The lowest BCUT2D eigenvalue weighted by atomic mass is 9.93. The van der Waals surface area contributed by atoms with Crippen LogP contribution in [0.2, 0.25) is 0 Å². The van der Waals surface area contributed by atoms with Gasteiger partial charge in [-0.3, -0.25) is 0 Å². The van der Waals surface area contributed by atoms with E-state index in [0.29, 0.717) is 6.04 Å². The highest BCUT2D eigenvalue weighted by Gasteiger charge is 2.31. The van der Waals surface area contributed by atoms with Crippen molar-refractivity contribution in [3.63, 3.8) is 0 Å². The first-order chi connectivity index (χ1) is 9.97. The minimum Gasteiger partial charge on any atom is -0.347 e. The average molecular weight is 303 g/mol. The SMILES string of the molecule is CNC(c1ccn(Cc2nc(C(C)(C)C)cs2)c1)C1CC1. The number of hydrogen-bond donors (Lipinski definition) is 1. The van der Waals surface area contributed by atoms with Crippen molar-refractivity contribution in [3.8, 4) is 0 Å². The lowest BCUT2D eigenvalue weighted by Crippen LogP contribution is -2.17. The van der Waals surface area contributed by atoms with Crippen molar-refractivity contribution in [3.05, 3.63) is 40.1 Å². The molecule has 0 amide bonds. The average Bonchev–Trinajstić information content (AvgIpc) is 2.95. The van der Waals surface area contributed by atoms with Gasteiger partial charge in [0.2, 0.25) is 0 Å². The van der Waals surface area contributed by atoms with Crippen molar-refractivity contribution < 1.29 is 0 Å². The molecule has 0 spiro atoms. The highest BCUT2D eigenvalue weighted by molar-refractivity contribution is 7.09. The van der Waals surface area contributed by atoms with E-state index in [1.807, 2.05) is 0 Å². The molecule has 0 aromatic carbocycles. The molecule has 0 aliphatic heterocycles. The van der Waals surface area contributed by atoms with Crippen LogP contribution in [0.1, 0.15) is 55.9 Å². The molecule has 0 radical (unpaired) electrons. The molecule has 0 saturated heterocycles. The van der Waals surface area contributed by atoms with E-state index in [-0.39, 0.29) is 5.41 Å². The highest BCUT2D eigenvalue weighted by Crippen LogP contribution is 2.40. The topological polar surface area (TPSA) is 29.9 Å². The minimum absolute atomic E-state index is 0.139. The Balaban J connectivity index is 1.71. The van der Waals surface area contributed by atoms with Crippen LogP contribution in [0.5, 0.6) is 0 Å². The largest absolute Gasteiger partial charge is 0.347 e. The standard InChI is InChI=1S/C17H25N3S/c1-17(2,3)14-11-21-15(19-14)10-20-8-7-13(9-20)16(18-4)12-5-6-12/h7-9,11-12,16,18H,5-6,10H2,1-4H3. The van der Waals surface area contributed by atoms with Gasteiger partial charge < -0.3 is 9.88 Å². The van der Waals surface area contributed by atoms with E-state index in [2.05, 4.69) is 61.5 Å². The molecule has 0 bridgehead atoms. The molecule has 3 nitrogen and oxygen atoms in total. The summed E-state index contributed by atoms with van der Waals surface area (Å²) in [5.74, 6) is 0.832. The van der Waals surface area contributed by atoms with Crippen molar-refractivity contribution in [1.29, 1.82) is 0 Å². The Labute approximate surface area is 131 Å². The second-order valence-corrected chi connectivity index (χ2v) is 8.04. The van der Waals surface area contributed by atoms with Crippen molar-refractivity contribution in [1.82, 2.24) is 14.9 Å². The van der Waals surface area contributed by atoms with E-state index in [0.717, 1.165) is 12.5 Å². The van der Waals surface area contributed by atoms with Crippen molar-refractivity contribution in [2.24, 2.45) is 5.92 Å².